The summed E-state index contributed by atoms with van der Waals surface area (Å²) in [5.74, 6) is -0.149. The first-order valence-electron chi connectivity index (χ1n) is 3.99. The summed E-state index contributed by atoms with van der Waals surface area (Å²) in [6.07, 6.45) is 0.0788. The zero-order chi connectivity index (χ0) is 10.6. The number of ketones is 1. The molecule has 4 heteroatoms. The number of hydrogen-bond donors (Lipinski definition) is 1. The number of Topliss-reactive ketones (excluding diaryl/α,β-unsaturated/α-hetero) is 1. The van der Waals surface area contributed by atoms with E-state index in [0.29, 0.717) is 11.1 Å². The minimum Gasteiger partial charge on any atom is -0.382 e. The van der Waals surface area contributed by atoms with Crippen LogP contribution in [0.15, 0.2) is 24.3 Å². The standard InChI is InChI=1S/C10H8INO2/c11-10(14)5-9(13)8-3-1-2-7(4-8)6-12/h1-4,10,14H,5H2. The summed E-state index contributed by atoms with van der Waals surface area (Å²) in [7, 11) is 0. The van der Waals surface area contributed by atoms with Crippen LogP contribution in [0.3, 0.4) is 0 Å². The van der Waals surface area contributed by atoms with E-state index in [1.165, 1.54) is 6.07 Å². The molecule has 1 rings (SSSR count). The van der Waals surface area contributed by atoms with Crippen LogP contribution in [0.2, 0.25) is 0 Å². The van der Waals surface area contributed by atoms with Gasteiger partial charge in [0.05, 0.1) is 11.6 Å². The fourth-order valence-electron chi connectivity index (χ4n) is 1.03. The molecule has 0 heterocycles. The highest BCUT2D eigenvalue weighted by molar-refractivity contribution is 14.1. The first kappa shape index (κ1) is 11.1. The molecule has 0 spiro atoms. The van der Waals surface area contributed by atoms with E-state index in [9.17, 15) is 4.79 Å². The summed E-state index contributed by atoms with van der Waals surface area (Å²) in [6.45, 7) is 0. The number of nitriles is 1. The minimum absolute atomic E-state index is 0.0788. The second-order valence-corrected chi connectivity index (χ2v) is 4.19. The van der Waals surface area contributed by atoms with Crippen molar-refractivity contribution in [3.05, 3.63) is 35.4 Å². The van der Waals surface area contributed by atoms with Gasteiger partial charge in [0.1, 0.15) is 4.11 Å². The van der Waals surface area contributed by atoms with E-state index < -0.39 is 4.11 Å². The van der Waals surface area contributed by atoms with Crippen molar-refractivity contribution in [2.24, 2.45) is 0 Å². The second-order valence-electron chi connectivity index (χ2n) is 2.75. The van der Waals surface area contributed by atoms with E-state index >= 15 is 0 Å². The molecule has 1 N–H and O–H groups in total. The fourth-order valence-corrected chi connectivity index (χ4v) is 1.43. The molecule has 0 bridgehead atoms. The topological polar surface area (TPSA) is 61.1 Å². The van der Waals surface area contributed by atoms with E-state index in [1.54, 1.807) is 40.8 Å². The third-order valence-corrected chi connectivity index (χ3v) is 2.11. The molecule has 1 aromatic rings. The van der Waals surface area contributed by atoms with Crippen molar-refractivity contribution in [2.75, 3.05) is 0 Å². The maximum absolute atomic E-state index is 11.4. The monoisotopic (exact) mass is 301 g/mol. The average molecular weight is 301 g/mol. The SMILES string of the molecule is N#Cc1cccc(C(=O)CC(O)I)c1. The number of halogens is 1. The molecule has 0 radical (unpaired) electrons. The Bertz CT molecular complexity index is 382. The van der Waals surface area contributed by atoms with Crippen molar-refractivity contribution < 1.29 is 9.90 Å². The Kier molecular flexibility index (Phi) is 4.04. The number of benzene rings is 1. The zero-order valence-electron chi connectivity index (χ0n) is 7.27. The van der Waals surface area contributed by atoms with Gasteiger partial charge in [-0.3, -0.25) is 4.79 Å². The summed E-state index contributed by atoms with van der Waals surface area (Å²) < 4.78 is -0.675. The van der Waals surface area contributed by atoms with E-state index in [2.05, 4.69) is 0 Å². The van der Waals surface area contributed by atoms with Crippen molar-refractivity contribution in [1.29, 1.82) is 5.26 Å². The van der Waals surface area contributed by atoms with E-state index in [1.807, 2.05) is 6.07 Å². The number of hydrogen-bond acceptors (Lipinski definition) is 3. The van der Waals surface area contributed by atoms with Gasteiger partial charge in [-0.15, -0.1) is 0 Å². The highest BCUT2D eigenvalue weighted by Gasteiger charge is 2.10. The number of alkyl halides is 1. The summed E-state index contributed by atoms with van der Waals surface area (Å²) in [5.41, 5.74) is 0.929. The van der Waals surface area contributed by atoms with Crippen molar-refractivity contribution in [2.45, 2.75) is 10.5 Å². The first-order chi connectivity index (χ1) is 6.63. The van der Waals surface area contributed by atoms with Crippen LogP contribution in [0.5, 0.6) is 0 Å². The Balaban J connectivity index is 2.86. The van der Waals surface area contributed by atoms with Crippen molar-refractivity contribution in [1.82, 2.24) is 0 Å². The molecular weight excluding hydrogens is 293 g/mol. The molecule has 1 aromatic carbocycles. The quantitative estimate of drug-likeness (QED) is 0.527. The van der Waals surface area contributed by atoms with Crippen LogP contribution in [0.4, 0.5) is 0 Å². The molecule has 0 amide bonds. The third kappa shape index (κ3) is 3.09. The molecule has 0 saturated carbocycles. The molecule has 1 atom stereocenters. The van der Waals surface area contributed by atoms with Gasteiger partial charge >= 0.3 is 0 Å². The molecular formula is C10H8INO2. The number of nitrogens with zero attached hydrogens (tertiary/aromatic N) is 1. The maximum atomic E-state index is 11.4. The predicted octanol–water partition coefficient (Wildman–Crippen LogP) is 1.88. The van der Waals surface area contributed by atoms with E-state index in [4.69, 9.17) is 10.4 Å². The molecule has 72 valence electrons. The summed E-state index contributed by atoms with van der Waals surface area (Å²) in [5, 5.41) is 17.6. The molecule has 0 fully saturated rings. The van der Waals surface area contributed by atoms with Gasteiger partial charge in [-0.25, -0.2) is 0 Å². The molecule has 0 aliphatic rings. The summed E-state index contributed by atoms with van der Waals surface area (Å²) in [6, 6.07) is 8.42. The van der Waals surface area contributed by atoms with E-state index in [-0.39, 0.29) is 12.2 Å². The van der Waals surface area contributed by atoms with Gasteiger partial charge in [0.15, 0.2) is 5.78 Å². The van der Waals surface area contributed by atoms with Crippen LogP contribution >= 0.6 is 22.6 Å². The smallest absolute Gasteiger partial charge is 0.166 e. The van der Waals surface area contributed by atoms with Crippen molar-refractivity contribution in [3.63, 3.8) is 0 Å². The Morgan fingerprint density at radius 1 is 1.64 bits per heavy atom. The number of aliphatic hydroxyl groups excluding tert-OH is 1. The van der Waals surface area contributed by atoms with Gasteiger partial charge in [-0.1, -0.05) is 34.7 Å². The predicted molar refractivity (Wildman–Crippen MR) is 60.1 cm³/mol. The Morgan fingerprint density at radius 2 is 2.36 bits per heavy atom. The Morgan fingerprint density at radius 3 is 2.93 bits per heavy atom. The largest absolute Gasteiger partial charge is 0.382 e. The van der Waals surface area contributed by atoms with Crippen molar-refractivity contribution >= 4 is 28.4 Å². The molecule has 0 saturated heterocycles. The van der Waals surface area contributed by atoms with Crippen LogP contribution in [0.1, 0.15) is 22.3 Å². The van der Waals surface area contributed by atoms with Crippen LogP contribution in [0.25, 0.3) is 0 Å². The fraction of sp³-hybridized carbons (Fsp3) is 0.200. The molecule has 0 aromatic heterocycles. The van der Waals surface area contributed by atoms with E-state index in [0.717, 1.165) is 0 Å². The number of carbonyl (C=O) groups is 1. The highest BCUT2D eigenvalue weighted by atomic mass is 127. The lowest BCUT2D eigenvalue weighted by atomic mass is 10.1. The van der Waals surface area contributed by atoms with Crippen LogP contribution in [0, 0.1) is 11.3 Å². The average Bonchev–Trinajstić information content (AvgIpc) is 2.17. The number of aliphatic hydroxyl groups is 1. The second kappa shape index (κ2) is 5.08. The molecule has 0 aliphatic heterocycles. The number of carbonyl (C=O) groups excluding carboxylic acids is 1. The van der Waals surface area contributed by atoms with Crippen molar-refractivity contribution in [3.8, 4) is 6.07 Å². The lowest BCUT2D eigenvalue weighted by Crippen LogP contribution is -2.06. The number of rotatable bonds is 3. The van der Waals surface area contributed by atoms with Gasteiger partial charge in [-0.2, -0.15) is 5.26 Å². The Hall–Kier alpha value is -0.930. The lowest BCUT2D eigenvalue weighted by Gasteiger charge is -2.02. The van der Waals surface area contributed by atoms with Gasteiger partial charge in [-0.05, 0) is 12.1 Å². The Labute approximate surface area is 95.5 Å². The maximum Gasteiger partial charge on any atom is 0.166 e. The van der Waals surface area contributed by atoms with Crippen LogP contribution in [-0.2, 0) is 0 Å². The normalized spacial score (nSPS) is 11.8. The highest BCUT2D eigenvalue weighted by Crippen LogP contribution is 2.10. The molecule has 0 aliphatic carbocycles. The lowest BCUT2D eigenvalue weighted by molar-refractivity contribution is 0.0950. The first-order valence-corrected chi connectivity index (χ1v) is 5.23. The van der Waals surface area contributed by atoms with Gasteiger partial charge in [0.2, 0.25) is 0 Å². The van der Waals surface area contributed by atoms with Crippen LogP contribution < -0.4 is 0 Å². The third-order valence-electron chi connectivity index (χ3n) is 1.67. The summed E-state index contributed by atoms with van der Waals surface area (Å²) in [4.78, 5) is 11.4. The molecule has 1 unspecified atom stereocenters. The minimum atomic E-state index is -0.675. The molecule has 14 heavy (non-hydrogen) atoms. The zero-order valence-corrected chi connectivity index (χ0v) is 9.43. The van der Waals surface area contributed by atoms with Crippen LogP contribution in [-0.4, -0.2) is 15.0 Å². The summed E-state index contributed by atoms with van der Waals surface area (Å²) >= 11 is 1.77. The van der Waals surface area contributed by atoms with Gasteiger partial charge < -0.3 is 5.11 Å². The molecule has 3 nitrogen and oxygen atoms in total. The van der Waals surface area contributed by atoms with Gasteiger partial charge in [0.25, 0.3) is 0 Å². The van der Waals surface area contributed by atoms with Gasteiger partial charge in [0, 0.05) is 12.0 Å².